The Bertz CT molecular complexity index is 775. The zero-order valence-corrected chi connectivity index (χ0v) is 14.8. The number of anilines is 1. The molecule has 0 bridgehead atoms. The highest BCUT2D eigenvalue weighted by atomic mass is 79.9. The number of nitrogens with zero attached hydrogens (tertiary/aromatic N) is 3. The third kappa shape index (κ3) is 1.88. The molecule has 122 valence electrons. The van der Waals surface area contributed by atoms with E-state index in [9.17, 15) is 0 Å². The Morgan fingerprint density at radius 3 is 3.17 bits per heavy atom. The zero-order valence-electron chi connectivity index (χ0n) is 13.3. The van der Waals surface area contributed by atoms with Crippen LogP contribution in [0.2, 0.25) is 0 Å². The summed E-state index contributed by atoms with van der Waals surface area (Å²) < 4.78 is 9.32. The third-order valence-electron chi connectivity index (χ3n) is 6.29. The van der Waals surface area contributed by atoms with Gasteiger partial charge in [0.1, 0.15) is 17.8 Å². The average Bonchev–Trinajstić information content (AvgIpc) is 2.97. The molecular weight excluding hydrogens is 356 g/mol. The Morgan fingerprint density at radius 1 is 1.39 bits per heavy atom. The fraction of sp³-hybridized carbons (Fsp3) is 0.647. The van der Waals surface area contributed by atoms with Crippen LogP contribution >= 0.6 is 15.9 Å². The summed E-state index contributed by atoms with van der Waals surface area (Å²) in [6, 6.07) is 0.461. The van der Waals surface area contributed by atoms with Crippen LogP contribution in [0.1, 0.15) is 32.1 Å². The molecule has 2 aromatic heterocycles. The van der Waals surface area contributed by atoms with Crippen LogP contribution in [0.5, 0.6) is 0 Å². The predicted molar refractivity (Wildman–Crippen MR) is 92.4 cm³/mol. The summed E-state index contributed by atoms with van der Waals surface area (Å²) in [6.07, 6.45) is 9.97. The number of halogens is 1. The Hall–Kier alpha value is -1.14. The van der Waals surface area contributed by atoms with Gasteiger partial charge in [-0.3, -0.25) is 0 Å². The summed E-state index contributed by atoms with van der Waals surface area (Å²) in [5.41, 5.74) is 1.14. The topological polar surface area (TPSA) is 52.0 Å². The molecule has 1 aliphatic heterocycles. The lowest BCUT2D eigenvalue weighted by molar-refractivity contribution is -0.160. The maximum Gasteiger partial charge on any atom is 0.146 e. The minimum atomic E-state index is 0.177. The molecule has 2 aliphatic carbocycles. The first-order valence-electron chi connectivity index (χ1n) is 8.55. The molecule has 1 saturated heterocycles. The van der Waals surface area contributed by atoms with Gasteiger partial charge in [-0.15, -0.1) is 0 Å². The fourth-order valence-electron chi connectivity index (χ4n) is 5.21. The number of aromatic nitrogens is 3. The van der Waals surface area contributed by atoms with E-state index < -0.39 is 0 Å². The lowest BCUT2D eigenvalue weighted by Gasteiger charge is -2.57. The second-order valence-corrected chi connectivity index (χ2v) is 8.14. The SMILES string of the molecule is Cn1cc(Br)c2c(NC3CCCC45OCCC4CC35)ncnc21. The molecule has 3 fully saturated rings. The normalized spacial score (nSPS) is 35.7. The molecule has 23 heavy (non-hydrogen) atoms. The van der Waals surface area contributed by atoms with Gasteiger partial charge in [0, 0.05) is 36.3 Å². The number of hydrogen-bond acceptors (Lipinski definition) is 4. The monoisotopic (exact) mass is 376 g/mol. The first kappa shape index (κ1) is 14.2. The summed E-state index contributed by atoms with van der Waals surface area (Å²) in [7, 11) is 2.02. The van der Waals surface area contributed by atoms with E-state index in [1.54, 1.807) is 6.33 Å². The molecule has 3 heterocycles. The Morgan fingerprint density at radius 2 is 2.30 bits per heavy atom. The second kappa shape index (κ2) is 4.93. The summed E-state index contributed by atoms with van der Waals surface area (Å²) in [5, 5.41) is 4.82. The number of rotatable bonds is 2. The van der Waals surface area contributed by atoms with Gasteiger partial charge in [0.2, 0.25) is 0 Å². The molecule has 5 rings (SSSR count). The first-order chi connectivity index (χ1) is 11.2. The Kier molecular flexibility index (Phi) is 3.05. The first-order valence-corrected chi connectivity index (χ1v) is 9.34. The molecule has 1 spiro atoms. The Balaban J connectivity index is 1.48. The van der Waals surface area contributed by atoms with Crippen molar-refractivity contribution >= 4 is 32.8 Å². The van der Waals surface area contributed by atoms with Gasteiger partial charge in [0.05, 0.1) is 11.0 Å². The molecule has 3 aliphatic rings. The van der Waals surface area contributed by atoms with Gasteiger partial charge >= 0.3 is 0 Å². The number of nitrogens with one attached hydrogen (secondary N) is 1. The van der Waals surface area contributed by atoms with Gasteiger partial charge in [-0.1, -0.05) is 0 Å². The van der Waals surface area contributed by atoms with E-state index in [1.807, 2.05) is 17.8 Å². The van der Waals surface area contributed by atoms with Gasteiger partial charge in [-0.25, -0.2) is 9.97 Å². The van der Waals surface area contributed by atoms with Crippen LogP contribution in [0.4, 0.5) is 5.82 Å². The number of fused-ring (bicyclic) bond motifs is 1. The summed E-state index contributed by atoms with van der Waals surface area (Å²) in [6.45, 7) is 0.954. The van der Waals surface area contributed by atoms with Gasteiger partial charge < -0.3 is 14.6 Å². The highest BCUT2D eigenvalue weighted by molar-refractivity contribution is 9.10. The van der Waals surface area contributed by atoms with Crippen molar-refractivity contribution in [1.29, 1.82) is 0 Å². The molecule has 4 atom stereocenters. The van der Waals surface area contributed by atoms with E-state index in [2.05, 4.69) is 31.2 Å². The summed E-state index contributed by atoms with van der Waals surface area (Å²) in [4.78, 5) is 8.95. The number of aryl methyl sites for hydroxylation is 1. The highest BCUT2D eigenvalue weighted by Crippen LogP contribution is 2.59. The molecule has 4 unspecified atom stereocenters. The highest BCUT2D eigenvalue weighted by Gasteiger charge is 2.62. The summed E-state index contributed by atoms with van der Waals surface area (Å²) in [5.74, 6) is 2.38. The largest absolute Gasteiger partial charge is 0.374 e. The fourth-order valence-corrected chi connectivity index (χ4v) is 5.88. The average molecular weight is 377 g/mol. The molecule has 0 amide bonds. The van der Waals surface area contributed by atoms with E-state index in [4.69, 9.17) is 4.74 Å². The third-order valence-corrected chi connectivity index (χ3v) is 6.89. The minimum absolute atomic E-state index is 0.177. The van der Waals surface area contributed by atoms with Crippen LogP contribution < -0.4 is 5.32 Å². The van der Waals surface area contributed by atoms with Crippen molar-refractivity contribution in [3.63, 3.8) is 0 Å². The van der Waals surface area contributed by atoms with Gasteiger partial charge in [0.15, 0.2) is 0 Å². The number of hydrogen-bond donors (Lipinski definition) is 1. The quantitative estimate of drug-likeness (QED) is 0.871. The molecular formula is C17H21BrN4O. The van der Waals surface area contributed by atoms with Crippen LogP contribution in [0.25, 0.3) is 11.0 Å². The van der Waals surface area contributed by atoms with E-state index >= 15 is 0 Å². The van der Waals surface area contributed by atoms with Crippen molar-refractivity contribution in [2.45, 2.75) is 43.7 Å². The van der Waals surface area contributed by atoms with Crippen LogP contribution in [-0.4, -0.2) is 32.8 Å². The molecule has 2 saturated carbocycles. The zero-order chi connectivity index (χ0) is 15.6. The minimum Gasteiger partial charge on any atom is -0.374 e. The van der Waals surface area contributed by atoms with E-state index in [1.165, 1.54) is 32.1 Å². The molecule has 0 radical (unpaired) electrons. The van der Waals surface area contributed by atoms with E-state index in [0.717, 1.165) is 33.8 Å². The van der Waals surface area contributed by atoms with Crippen LogP contribution in [0.15, 0.2) is 17.0 Å². The molecule has 1 N–H and O–H groups in total. The molecule has 6 heteroatoms. The number of ether oxygens (including phenoxy) is 1. The van der Waals surface area contributed by atoms with Crippen molar-refractivity contribution in [2.24, 2.45) is 18.9 Å². The second-order valence-electron chi connectivity index (χ2n) is 7.28. The standard InChI is InChI=1S/C17H21BrN4O/c1-22-8-12(18)14-15(19-9-20-16(14)22)21-13-3-2-5-17-10(4-6-23-17)7-11(13)17/h8-11,13H,2-7H2,1H3,(H,19,20,21). The van der Waals surface area contributed by atoms with Gasteiger partial charge in [-0.2, -0.15) is 0 Å². The van der Waals surface area contributed by atoms with Gasteiger partial charge in [0.25, 0.3) is 0 Å². The molecule has 2 aromatic rings. The van der Waals surface area contributed by atoms with Crippen molar-refractivity contribution in [3.8, 4) is 0 Å². The van der Waals surface area contributed by atoms with E-state index in [-0.39, 0.29) is 5.60 Å². The predicted octanol–water partition coefficient (Wildman–Crippen LogP) is 3.49. The maximum atomic E-state index is 6.24. The maximum absolute atomic E-state index is 6.24. The van der Waals surface area contributed by atoms with Crippen LogP contribution in [-0.2, 0) is 11.8 Å². The lowest BCUT2D eigenvalue weighted by Crippen LogP contribution is -2.61. The van der Waals surface area contributed by atoms with Gasteiger partial charge in [-0.05, 0) is 54.0 Å². The Labute approximate surface area is 143 Å². The van der Waals surface area contributed by atoms with E-state index in [0.29, 0.717) is 12.0 Å². The van der Waals surface area contributed by atoms with Crippen LogP contribution in [0.3, 0.4) is 0 Å². The lowest BCUT2D eigenvalue weighted by atomic mass is 9.53. The van der Waals surface area contributed by atoms with Crippen molar-refractivity contribution in [3.05, 3.63) is 17.0 Å². The smallest absolute Gasteiger partial charge is 0.146 e. The van der Waals surface area contributed by atoms with Crippen LogP contribution in [0, 0.1) is 11.8 Å². The van der Waals surface area contributed by atoms with Crippen molar-refractivity contribution in [2.75, 3.05) is 11.9 Å². The molecule has 5 nitrogen and oxygen atoms in total. The molecule has 0 aromatic carbocycles. The van der Waals surface area contributed by atoms with Crippen molar-refractivity contribution in [1.82, 2.24) is 14.5 Å². The van der Waals surface area contributed by atoms with Crippen molar-refractivity contribution < 1.29 is 4.74 Å². The summed E-state index contributed by atoms with van der Waals surface area (Å²) >= 11 is 3.65.